The maximum absolute atomic E-state index is 2.63. The maximum Gasteiger partial charge on any atom is 0.256 e. The van der Waals surface area contributed by atoms with Crippen LogP contribution in [0, 0.1) is 0 Å². The van der Waals surface area contributed by atoms with Crippen molar-refractivity contribution in [3.05, 3.63) is 18.2 Å². The molecule has 0 aliphatic carbocycles. The zero-order valence-corrected chi connectivity index (χ0v) is 30.3. The number of hydrogen-bond acceptors (Lipinski definition) is 0. The van der Waals surface area contributed by atoms with Gasteiger partial charge in [-0.15, -0.1) is 0 Å². The van der Waals surface area contributed by atoms with E-state index in [1.807, 2.05) is 0 Å². The number of unbranched alkanes of at least 4 members (excludes halogenated alkanes) is 29. The third-order valence-corrected chi connectivity index (χ3v) is 9.85. The predicted octanol–water partition coefficient (Wildman–Crippen LogP) is 13.9. The fraction of sp³-hybridized carbons (Fsp3) is 0.927. The molecule has 1 rings (SSSR count). The molecule has 0 fully saturated rings. The van der Waals surface area contributed by atoms with Crippen molar-refractivity contribution in [1.29, 1.82) is 0 Å². The summed E-state index contributed by atoms with van der Waals surface area (Å²) in [5, 5.41) is 0. The lowest BCUT2D eigenvalue weighted by molar-refractivity contribution is -0.704. The monoisotopic (exact) mass is 602 g/mol. The first-order valence-electron chi connectivity index (χ1n) is 20.4. The molecule has 0 spiro atoms. The van der Waals surface area contributed by atoms with Crippen LogP contribution in [0.4, 0.5) is 0 Å². The van der Waals surface area contributed by atoms with Gasteiger partial charge in [-0.2, -0.15) is 0 Å². The molecule has 1 heterocycles. The Balaban J connectivity index is 2.17. The number of aryl methyl sites for hydroxylation is 2. The molecule has 0 bridgehead atoms. The minimum absolute atomic E-state index is 1.23. The summed E-state index contributed by atoms with van der Waals surface area (Å²) >= 11 is 0. The summed E-state index contributed by atoms with van der Waals surface area (Å²) in [5.41, 5.74) is 0. The van der Waals surface area contributed by atoms with Gasteiger partial charge in [0, 0.05) is 6.42 Å². The molecular formula is C41H81N2+. The van der Waals surface area contributed by atoms with Crippen molar-refractivity contribution in [1.82, 2.24) is 4.57 Å². The molecule has 0 aromatic carbocycles. The second kappa shape index (κ2) is 32.6. The number of nitrogens with zero attached hydrogens (tertiary/aromatic N) is 2. The summed E-state index contributed by atoms with van der Waals surface area (Å²) in [6.07, 6.45) is 51.9. The van der Waals surface area contributed by atoms with Gasteiger partial charge >= 0.3 is 0 Å². The van der Waals surface area contributed by atoms with Crippen LogP contribution in [0.2, 0.25) is 0 Å². The van der Waals surface area contributed by atoms with Crippen molar-refractivity contribution in [2.75, 3.05) is 0 Å². The number of aromatic nitrogens is 2. The molecule has 0 saturated carbocycles. The molecule has 0 amide bonds. The van der Waals surface area contributed by atoms with Crippen molar-refractivity contribution in [2.45, 2.75) is 246 Å². The highest BCUT2D eigenvalue weighted by Crippen LogP contribution is 2.16. The average molecular weight is 602 g/mol. The van der Waals surface area contributed by atoms with Crippen LogP contribution in [0.5, 0.6) is 0 Å². The fourth-order valence-electron chi connectivity index (χ4n) is 6.86. The van der Waals surface area contributed by atoms with Gasteiger partial charge in [0.25, 0.3) is 5.82 Å². The highest BCUT2D eigenvalue weighted by atomic mass is 15.1. The predicted molar refractivity (Wildman–Crippen MR) is 193 cm³/mol. The number of rotatable bonds is 35. The lowest BCUT2D eigenvalue weighted by Gasteiger charge is -2.07. The number of imidazole rings is 1. The smallest absolute Gasteiger partial charge is 0.234 e. The van der Waals surface area contributed by atoms with E-state index < -0.39 is 0 Å². The Kier molecular flexibility index (Phi) is 30.5. The first-order chi connectivity index (χ1) is 21.3. The van der Waals surface area contributed by atoms with E-state index >= 15 is 0 Å². The average Bonchev–Trinajstić information content (AvgIpc) is 3.40. The molecule has 1 aromatic heterocycles. The van der Waals surface area contributed by atoms with Gasteiger partial charge in [-0.1, -0.05) is 194 Å². The van der Waals surface area contributed by atoms with Gasteiger partial charge in [-0.25, -0.2) is 9.13 Å². The van der Waals surface area contributed by atoms with Crippen LogP contribution in [-0.2, 0) is 19.5 Å². The van der Waals surface area contributed by atoms with Gasteiger partial charge in [0.05, 0.1) is 13.1 Å². The van der Waals surface area contributed by atoms with Crippen molar-refractivity contribution in [3.63, 3.8) is 0 Å². The van der Waals surface area contributed by atoms with E-state index in [0.717, 1.165) is 0 Å². The molecule has 0 radical (unpaired) electrons. The van der Waals surface area contributed by atoms with Crippen LogP contribution >= 0.6 is 0 Å². The van der Waals surface area contributed by atoms with Gasteiger partial charge in [0.15, 0.2) is 0 Å². The second-order valence-corrected chi connectivity index (χ2v) is 14.1. The maximum atomic E-state index is 2.63. The molecule has 0 atom stereocenters. The Labute approximate surface area is 272 Å². The van der Waals surface area contributed by atoms with Crippen LogP contribution in [0.1, 0.15) is 232 Å². The van der Waals surface area contributed by atoms with Crippen LogP contribution in [0.15, 0.2) is 12.4 Å². The first-order valence-corrected chi connectivity index (χ1v) is 20.4. The molecule has 1 aromatic rings. The molecule has 0 unspecified atom stereocenters. The molecule has 0 saturated heterocycles. The number of hydrogen-bond donors (Lipinski definition) is 0. The van der Waals surface area contributed by atoms with E-state index in [-0.39, 0.29) is 0 Å². The van der Waals surface area contributed by atoms with Crippen LogP contribution in [0.25, 0.3) is 0 Å². The Morgan fingerprint density at radius 1 is 0.395 bits per heavy atom. The van der Waals surface area contributed by atoms with Crippen LogP contribution in [-0.4, -0.2) is 4.57 Å². The summed E-state index contributed by atoms with van der Waals surface area (Å²) in [6, 6.07) is 0. The summed E-state index contributed by atoms with van der Waals surface area (Å²) in [4.78, 5) is 0. The highest BCUT2D eigenvalue weighted by molar-refractivity contribution is 4.84. The third-order valence-electron chi connectivity index (χ3n) is 9.85. The molecule has 0 N–H and O–H groups in total. The fourth-order valence-corrected chi connectivity index (χ4v) is 6.86. The minimum Gasteiger partial charge on any atom is -0.234 e. The van der Waals surface area contributed by atoms with E-state index in [4.69, 9.17) is 0 Å². The third kappa shape index (κ3) is 25.1. The Hall–Kier alpha value is -0.790. The van der Waals surface area contributed by atoms with E-state index in [2.05, 4.69) is 42.3 Å². The largest absolute Gasteiger partial charge is 0.256 e. The quantitative estimate of drug-likeness (QED) is 0.0540. The van der Waals surface area contributed by atoms with E-state index in [1.165, 1.54) is 225 Å². The zero-order chi connectivity index (χ0) is 30.9. The van der Waals surface area contributed by atoms with Gasteiger partial charge in [0.2, 0.25) is 0 Å². The summed E-state index contributed by atoms with van der Waals surface area (Å²) in [6.45, 7) is 9.40. The van der Waals surface area contributed by atoms with Crippen molar-refractivity contribution in [3.8, 4) is 0 Å². The lowest BCUT2D eigenvalue weighted by atomic mass is 10.0. The molecular weight excluding hydrogens is 520 g/mol. The van der Waals surface area contributed by atoms with Crippen molar-refractivity contribution >= 4 is 0 Å². The van der Waals surface area contributed by atoms with Gasteiger partial charge in [-0.3, -0.25) is 0 Å². The Morgan fingerprint density at radius 2 is 0.721 bits per heavy atom. The van der Waals surface area contributed by atoms with Gasteiger partial charge in [0.1, 0.15) is 12.4 Å². The van der Waals surface area contributed by atoms with E-state index in [1.54, 1.807) is 5.82 Å². The Bertz CT molecular complexity index is 663. The van der Waals surface area contributed by atoms with Crippen molar-refractivity contribution in [2.24, 2.45) is 0 Å². The zero-order valence-electron chi connectivity index (χ0n) is 30.3. The summed E-state index contributed by atoms with van der Waals surface area (Å²) < 4.78 is 5.25. The summed E-state index contributed by atoms with van der Waals surface area (Å²) in [5.74, 6) is 1.62. The highest BCUT2D eigenvalue weighted by Gasteiger charge is 2.16. The molecule has 0 aliphatic rings. The standard InChI is InChI=1S/C41H81N2/c1-4-7-10-13-15-17-19-20-21-22-23-24-25-26-28-30-33-36-41-42(37-34-31-12-9-6-3)39-40-43(41)38-35-32-29-27-18-16-14-11-8-5-2/h39-40H,4-38H2,1-3H3/q+1. The van der Waals surface area contributed by atoms with Crippen LogP contribution in [0.3, 0.4) is 0 Å². The van der Waals surface area contributed by atoms with E-state index in [9.17, 15) is 0 Å². The Morgan fingerprint density at radius 3 is 1.12 bits per heavy atom. The second-order valence-electron chi connectivity index (χ2n) is 14.1. The van der Waals surface area contributed by atoms with Gasteiger partial charge in [-0.05, 0) is 32.1 Å². The van der Waals surface area contributed by atoms with Gasteiger partial charge < -0.3 is 0 Å². The molecule has 254 valence electrons. The topological polar surface area (TPSA) is 8.81 Å². The SMILES string of the molecule is CCCCCCCCCCCCCCCCCCCc1n(CCCCCCCCCCCC)cc[n+]1CCCCCCC. The molecule has 2 nitrogen and oxygen atoms in total. The summed E-state index contributed by atoms with van der Waals surface area (Å²) in [7, 11) is 0. The van der Waals surface area contributed by atoms with E-state index in [0.29, 0.717) is 0 Å². The molecule has 2 heteroatoms. The normalized spacial score (nSPS) is 11.6. The molecule has 0 aliphatic heterocycles. The molecule has 43 heavy (non-hydrogen) atoms. The lowest BCUT2D eigenvalue weighted by Crippen LogP contribution is -2.37. The minimum atomic E-state index is 1.23. The van der Waals surface area contributed by atoms with Crippen molar-refractivity contribution < 1.29 is 4.57 Å². The van der Waals surface area contributed by atoms with Crippen LogP contribution < -0.4 is 4.57 Å². The first kappa shape index (κ1) is 40.2.